The molecule has 0 aliphatic heterocycles. The van der Waals surface area contributed by atoms with E-state index in [0.717, 1.165) is 25.8 Å². The predicted molar refractivity (Wildman–Crippen MR) is 167 cm³/mol. The Balaban J connectivity index is 0. The molecule has 0 bridgehead atoms. The molecule has 0 aliphatic rings. The lowest BCUT2D eigenvalue weighted by atomic mass is 10.0. The number of nitrogens with zero attached hydrogens (tertiary/aromatic N) is 2. The van der Waals surface area contributed by atoms with Gasteiger partial charge in [-0.1, -0.05) is 123 Å². The van der Waals surface area contributed by atoms with Gasteiger partial charge in [0, 0.05) is 6.42 Å². The van der Waals surface area contributed by atoms with Gasteiger partial charge in [-0.25, -0.2) is 9.59 Å². The first-order valence-corrected chi connectivity index (χ1v) is 16.4. The van der Waals surface area contributed by atoms with Gasteiger partial charge in [0.2, 0.25) is 0 Å². The molecular formula is C33H70N2O4+2. The minimum atomic E-state index is -0.697. The first-order valence-electron chi connectivity index (χ1n) is 16.4. The molecule has 0 aromatic carbocycles. The summed E-state index contributed by atoms with van der Waals surface area (Å²) in [6.45, 7) is 5.71. The fourth-order valence-electron chi connectivity index (χ4n) is 5.14. The highest BCUT2D eigenvalue weighted by Gasteiger charge is 2.30. The molecule has 39 heavy (non-hydrogen) atoms. The minimum Gasteiger partial charge on any atom is -0.477 e. The maximum absolute atomic E-state index is 11.2. The van der Waals surface area contributed by atoms with Crippen LogP contribution in [-0.2, 0) is 9.59 Å². The summed E-state index contributed by atoms with van der Waals surface area (Å²) < 4.78 is 1.12. The Kier molecular flexibility index (Phi) is 26.5. The highest BCUT2D eigenvalue weighted by molar-refractivity contribution is 5.72. The van der Waals surface area contributed by atoms with Crippen LogP contribution in [0.1, 0.15) is 149 Å². The van der Waals surface area contributed by atoms with Crippen molar-refractivity contribution in [2.45, 2.75) is 155 Å². The molecule has 0 fully saturated rings. The van der Waals surface area contributed by atoms with E-state index in [-0.39, 0.29) is 12.6 Å². The van der Waals surface area contributed by atoms with Crippen LogP contribution in [0.5, 0.6) is 0 Å². The molecule has 0 rings (SSSR count). The van der Waals surface area contributed by atoms with Crippen molar-refractivity contribution in [2.24, 2.45) is 0 Å². The zero-order valence-corrected chi connectivity index (χ0v) is 27.4. The summed E-state index contributed by atoms with van der Waals surface area (Å²) in [5, 5.41) is 18.0. The molecule has 2 N–H and O–H groups in total. The third-order valence-corrected chi connectivity index (χ3v) is 7.73. The van der Waals surface area contributed by atoms with Crippen molar-refractivity contribution < 1.29 is 28.8 Å². The summed E-state index contributed by atoms with van der Waals surface area (Å²) in [7, 11) is 9.91. The number of carbonyl (C=O) groups is 2. The molecule has 0 saturated carbocycles. The van der Waals surface area contributed by atoms with Crippen LogP contribution in [0.25, 0.3) is 0 Å². The van der Waals surface area contributed by atoms with E-state index in [2.05, 4.69) is 13.8 Å². The third-order valence-electron chi connectivity index (χ3n) is 7.73. The van der Waals surface area contributed by atoms with Crippen LogP contribution in [0.4, 0.5) is 0 Å². The first kappa shape index (κ1) is 40.0. The van der Waals surface area contributed by atoms with Gasteiger partial charge in [-0.15, -0.1) is 0 Å². The average Bonchev–Trinajstić information content (AvgIpc) is 2.82. The Bertz CT molecular complexity index is 573. The molecule has 1 atom stereocenters. The van der Waals surface area contributed by atoms with Gasteiger partial charge >= 0.3 is 11.9 Å². The van der Waals surface area contributed by atoms with E-state index >= 15 is 0 Å². The van der Waals surface area contributed by atoms with Crippen molar-refractivity contribution in [2.75, 3.05) is 48.3 Å². The van der Waals surface area contributed by atoms with Crippen molar-refractivity contribution in [3.63, 3.8) is 0 Å². The van der Waals surface area contributed by atoms with Crippen molar-refractivity contribution in [1.29, 1.82) is 0 Å². The number of hydrogen-bond donors (Lipinski definition) is 2. The van der Waals surface area contributed by atoms with E-state index in [4.69, 9.17) is 5.11 Å². The second-order valence-corrected chi connectivity index (χ2v) is 13.3. The van der Waals surface area contributed by atoms with E-state index in [9.17, 15) is 14.7 Å². The van der Waals surface area contributed by atoms with Crippen LogP contribution in [0.3, 0.4) is 0 Å². The van der Waals surface area contributed by atoms with Crippen LogP contribution in [-0.4, -0.2) is 85.5 Å². The third kappa shape index (κ3) is 29.7. The van der Waals surface area contributed by atoms with Gasteiger partial charge in [0.25, 0.3) is 0 Å². The summed E-state index contributed by atoms with van der Waals surface area (Å²) in [5.41, 5.74) is 0. The molecule has 6 heteroatoms. The van der Waals surface area contributed by atoms with Crippen molar-refractivity contribution in [3.8, 4) is 0 Å². The predicted octanol–water partition coefficient (Wildman–Crippen LogP) is 8.53. The normalized spacial score (nSPS) is 12.6. The summed E-state index contributed by atoms with van der Waals surface area (Å²) in [5.74, 6) is -1.36. The molecule has 6 nitrogen and oxygen atoms in total. The fourth-order valence-corrected chi connectivity index (χ4v) is 5.14. The fraction of sp³-hybridized carbons (Fsp3) is 0.939. The Morgan fingerprint density at radius 2 is 0.872 bits per heavy atom. The second kappa shape index (κ2) is 25.8. The molecular weight excluding hydrogens is 488 g/mol. The van der Waals surface area contributed by atoms with Crippen molar-refractivity contribution >= 4 is 11.9 Å². The standard InChI is InChI=1S/C17H35NO2.C16H33NO2/c1-5-6-7-8-9-10-11-12-13-14-15-16(17(19)20)18(2,3)4;1-4-5-6-7-8-9-10-11-12-13-14-17(2,3)15-16(18)19/h16H,5-15H2,1-4H3;4-15H2,1-3H3/p+2. The molecule has 0 saturated heterocycles. The molecule has 0 aromatic heterocycles. The van der Waals surface area contributed by atoms with Gasteiger partial charge < -0.3 is 19.2 Å². The molecule has 0 radical (unpaired) electrons. The zero-order chi connectivity index (χ0) is 30.0. The smallest absolute Gasteiger partial charge is 0.362 e. The Hall–Kier alpha value is -1.14. The number of carboxylic acid groups (broad SMARTS) is 2. The highest BCUT2D eigenvalue weighted by Crippen LogP contribution is 2.16. The number of likely N-dealkylation sites (N-methyl/N-ethyl adjacent to an activating group) is 2. The maximum atomic E-state index is 11.2. The first-order chi connectivity index (χ1) is 18.4. The quantitative estimate of drug-likeness (QED) is 0.0824. The van der Waals surface area contributed by atoms with Crippen molar-refractivity contribution in [3.05, 3.63) is 0 Å². The molecule has 234 valence electrons. The van der Waals surface area contributed by atoms with E-state index in [1.165, 1.54) is 116 Å². The Morgan fingerprint density at radius 3 is 1.18 bits per heavy atom. The summed E-state index contributed by atoms with van der Waals surface area (Å²) in [6, 6.07) is -0.260. The average molecular weight is 559 g/mol. The molecule has 0 heterocycles. The Morgan fingerprint density at radius 1 is 0.538 bits per heavy atom. The number of hydrogen-bond acceptors (Lipinski definition) is 2. The summed E-state index contributed by atoms with van der Waals surface area (Å²) in [4.78, 5) is 21.9. The number of aliphatic carboxylic acids is 2. The largest absolute Gasteiger partial charge is 0.477 e. The van der Waals surface area contributed by atoms with Gasteiger partial charge in [0.1, 0.15) is 0 Å². The number of rotatable bonds is 26. The van der Waals surface area contributed by atoms with Crippen LogP contribution < -0.4 is 0 Å². The van der Waals surface area contributed by atoms with Crippen molar-refractivity contribution in [1.82, 2.24) is 0 Å². The molecule has 0 spiro atoms. The van der Waals surface area contributed by atoms with Crippen LogP contribution in [0.15, 0.2) is 0 Å². The van der Waals surface area contributed by atoms with E-state index in [1.54, 1.807) is 0 Å². The zero-order valence-electron chi connectivity index (χ0n) is 27.4. The van der Waals surface area contributed by atoms with Crippen LogP contribution >= 0.6 is 0 Å². The second-order valence-electron chi connectivity index (χ2n) is 13.3. The summed E-state index contributed by atoms with van der Waals surface area (Å²) >= 11 is 0. The van der Waals surface area contributed by atoms with Gasteiger partial charge in [-0.2, -0.15) is 0 Å². The maximum Gasteiger partial charge on any atom is 0.362 e. The number of quaternary nitrogens is 2. The summed E-state index contributed by atoms with van der Waals surface area (Å²) in [6.07, 6.45) is 27.1. The molecule has 0 aliphatic carbocycles. The monoisotopic (exact) mass is 559 g/mol. The number of unbranched alkanes of at least 4 members (excludes halogenated alkanes) is 18. The lowest BCUT2D eigenvalue weighted by Gasteiger charge is -2.31. The number of carboxylic acids is 2. The molecule has 1 unspecified atom stereocenters. The molecule has 0 aromatic rings. The van der Waals surface area contributed by atoms with Crippen LogP contribution in [0.2, 0.25) is 0 Å². The lowest BCUT2D eigenvalue weighted by Crippen LogP contribution is -2.49. The highest BCUT2D eigenvalue weighted by atomic mass is 16.4. The van der Waals surface area contributed by atoms with Gasteiger partial charge in [0.05, 0.1) is 41.8 Å². The molecule has 0 amide bonds. The SMILES string of the molecule is CCCCCCCCCCCCC(C(=O)O)[N+](C)(C)C.CCCCCCCCCCCC[N+](C)(C)CC(=O)O. The van der Waals surface area contributed by atoms with E-state index < -0.39 is 11.9 Å². The van der Waals surface area contributed by atoms with Crippen LogP contribution in [0, 0.1) is 0 Å². The van der Waals surface area contributed by atoms with Gasteiger partial charge in [0.15, 0.2) is 12.6 Å². The van der Waals surface area contributed by atoms with Gasteiger partial charge in [-0.3, -0.25) is 0 Å². The lowest BCUT2D eigenvalue weighted by molar-refractivity contribution is -0.887. The van der Waals surface area contributed by atoms with E-state index in [0.29, 0.717) is 8.97 Å². The minimum absolute atomic E-state index is 0.234. The Labute approximate surface area is 243 Å². The van der Waals surface area contributed by atoms with Gasteiger partial charge in [-0.05, 0) is 19.3 Å². The topological polar surface area (TPSA) is 74.6 Å². The van der Waals surface area contributed by atoms with E-state index in [1.807, 2.05) is 35.2 Å².